The summed E-state index contributed by atoms with van der Waals surface area (Å²) in [5.41, 5.74) is -0.258. The lowest BCUT2D eigenvalue weighted by molar-refractivity contribution is -0.385. The van der Waals surface area contributed by atoms with E-state index >= 15 is 0 Å². The number of non-ortho nitro benzene ring substituents is 1. The van der Waals surface area contributed by atoms with Crippen LogP contribution in [0, 0.1) is 10.1 Å². The number of hydrogen-bond acceptors (Lipinski definition) is 5. The summed E-state index contributed by atoms with van der Waals surface area (Å²) in [6, 6.07) is 10.7. The number of benzene rings is 2. The summed E-state index contributed by atoms with van der Waals surface area (Å²) in [6.45, 7) is 0. The van der Waals surface area contributed by atoms with Crippen LogP contribution in [0.4, 0.5) is 5.69 Å². The molecule has 0 aromatic heterocycles. The largest absolute Gasteiger partial charge is 0.270 e. The fourth-order valence-corrected chi connectivity index (χ4v) is 4.13. The Balaban J connectivity index is 2.51. The van der Waals surface area contributed by atoms with Crippen LogP contribution < -0.4 is 0 Å². The zero-order valence-electron chi connectivity index (χ0n) is 10.8. The van der Waals surface area contributed by atoms with Gasteiger partial charge in [0.05, 0.1) is 9.82 Å². The third-order valence-electron chi connectivity index (χ3n) is 2.56. The van der Waals surface area contributed by atoms with Crippen LogP contribution >= 0.6 is 23.4 Å². The van der Waals surface area contributed by atoms with Crippen molar-refractivity contribution in [2.75, 3.05) is 6.26 Å². The standard InChI is InChI=1S/C13H10ClNO4S2/c1-21(18,19)13-8-10(15(16)17)5-6-12(13)20-11-4-2-3-9(14)7-11/h2-8H,1H3. The molecule has 0 aliphatic carbocycles. The van der Waals surface area contributed by atoms with E-state index in [4.69, 9.17) is 11.6 Å². The van der Waals surface area contributed by atoms with E-state index < -0.39 is 14.8 Å². The molecule has 0 aliphatic heterocycles. The molecule has 110 valence electrons. The number of nitro groups is 1. The number of nitro benzene ring substituents is 1. The van der Waals surface area contributed by atoms with Gasteiger partial charge in [-0.2, -0.15) is 0 Å². The molecule has 0 unspecified atom stereocenters. The second kappa shape index (κ2) is 6.05. The van der Waals surface area contributed by atoms with Crippen molar-refractivity contribution >= 4 is 38.9 Å². The summed E-state index contributed by atoms with van der Waals surface area (Å²) in [5.74, 6) is 0. The van der Waals surface area contributed by atoms with Crippen molar-refractivity contribution < 1.29 is 13.3 Å². The topological polar surface area (TPSA) is 77.3 Å². The summed E-state index contributed by atoms with van der Waals surface area (Å²) in [7, 11) is -3.58. The van der Waals surface area contributed by atoms with Gasteiger partial charge in [-0.25, -0.2) is 8.42 Å². The highest BCUT2D eigenvalue weighted by molar-refractivity contribution is 8.00. The molecule has 0 N–H and O–H groups in total. The second-order valence-corrected chi connectivity index (χ2v) is 7.76. The Morgan fingerprint density at radius 2 is 1.90 bits per heavy atom. The predicted molar refractivity (Wildman–Crippen MR) is 81.8 cm³/mol. The van der Waals surface area contributed by atoms with E-state index in [1.54, 1.807) is 24.3 Å². The van der Waals surface area contributed by atoms with Crippen LogP contribution in [0.25, 0.3) is 0 Å². The fraction of sp³-hybridized carbons (Fsp3) is 0.0769. The molecular weight excluding hydrogens is 334 g/mol. The van der Waals surface area contributed by atoms with Crippen molar-refractivity contribution in [1.29, 1.82) is 0 Å². The van der Waals surface area contributed by atoms with Gasteiger partial charge in [-0.15, -0.1) is 0 Å². The molecule has 0 saturated heterocycles. The van der Waals surface area contributed by atoms with E-state index in [1.807, 2.05) is 0 Å². The van der Waals surface area contributed by atoms with Gasteiger partial charge in [0.2, 0.25) is 0 Å². The highest BCUT2D eigenvalue weighted by Crippen LogP contribution is 2.35. The summed E-state index contributed by atoms with van der Waals surface area (Å²) in [5, 5.41) is 11.3. The quantitative estimate of drug-likeness (QED) is 0.623. The number of hydrogen-bond donors (Lipinski definition) is 0. The van der Waals surface area contributed by atoms with E-state index in [-0.39, 0.29) is 10.6 Å². The molecule has 5 nitrogen and oxygen atoms in total. The minimum atomic E-state index is -3.58. The Morgan fingerprint density at radius 1 is 1.19 bits per heavy atom. The third kappa shape index (κ3) is 3.96. The van der Waals surface area contributed by atoms with Crippen LogP contribution in [-0.2, 0) is 9.84 Å². The smallest absolute Gasteiger partial charge is 0.258 e. The van der Waals surface area contributed by atoms with E-state index in [0.717, 1.165) is 17.2 Å². The molecule has 0 fully saturated rings. The van der Waals surface area contributed by atoms with Crippen molar-refractivity contribution in [3.05, 3.63) is 57.6 Å². The molecule has 0 radical (unpaired) electrons. The molecule has 2 rings (SSSR count). The lowest BCUT2D eigenvalue weighted by atomic mass is 10.3. The van der Waals surface area contributed by atoms with Gasteiger partial charge in [0.25, 0.3) is 5.69 Å². The van der Waals surface area contributed by atoms with Gasteiger partial charge in [0.15, 0.2) is 9.84 Å². The van der Waals surface area contributed by atoms with E-state index in [2.05, 4.69) is 0 Å². The molecule has 0 spiro atoms. The van der Waals surface area contributed by atoms with Crippen LogP contribution in [0.1, 0.15) is 0 Å². The monoisotopic (exact) mass is 343 g/mol. The number of nitrogens with zero attached hydrogens (tertiary/aromatic N) is 1. The maximum atomic E-state index is 11.8. The fourth-order valence-electron chi connectivity index (χ4n) is 1.64. The molecule has 0 atom stereocenters. The van der Waals surface area contributed by atoms with Crippen molar-refractivity contribution in [3.63, 3.8) is 0 Å². The Morgan fingerprint density at radius 3 is 2.48 bits per heavy atom. The number of rotatable bonds is 4. The van der Waals surface area contributed by atoms with Gasteiger partial charge in [0.1, 0.15) is 0 Å². The summed E-state index contributed by atoms with van der Waals surface area (Å²) < 4.78 is 23.6. The van der Waals surface area contributed by atoms with Crippen LogP contribution in [0.5, 0.6) is 0 Å². The van der Waals surface area contributed by atoms with Crippen LogP contribution in [0.2, 0.25) is 5.02 Å². The highest BCUT2D eigenvalue weighted by Gasteiger charge is 2.19. The van der Waals surface area contributed by atoms with Crippen molar-refractivity contribution in [1.82, 2.24) is 0 Å². The van der Waals surface area contributed by atoms with E-state index in [0.29, 0.717) is 9.92 Å². The van der Waals surface area contributed by atoms with Crippen LogP contribution in [0.3, 0.4) is 0 Å². The zero-order chi connectivity index (χ0) is 15.6. The average molecular weight is 344 g/mol. The maximum absolute atomic E-state index is 11.8. The molecule has 0 heterocycles. The first-order valence-electron chi connectivity index (χ1n) is 5.69. The molecule has 0 aliphatic rings. The van der Waals surface area contributed by atoms with Crippen molar-refractivity contribution in [3.8, 4) is 0 Å². The number of halogens is 1. The molecule has 2 aromatic rings. The summed E-state index contributed by atoms with van der Waals surface area (Å²) in [6.07, 6.45) is 1.02. The van der Waals surface area contributed by atoms with Gasteiger partial charge in [-0.1, -0.05) is 29.4 Å². The molecule has 2 aromatic carbocycles. The van der Waals surface area contributed by atoms with Gasteiger partial charge in [-0.05, 0) is 24.3 Å². The van der Waals surface area contributed by atoms with Crippen molar-refractivity contribution in [2.45, 2.75) is 14.7 Å². The van der Waals surface area contributed by atoms with Gasteiger partial charge in [0, 0.05) is 33.2 Å². The van der Waals surface area contributed by atoms with Gasteiger partial charge in [-0.3, -0.25) is 10.1 Å². The Kier molecular flexibility index (Phi) is 4.55. The first-order valence-corrected chi connectivity index (χ1v) is 8.78. The van der Waals surface area contributed by atoms with Crippen molar-refractivity contribution in [2.24, 2.45) is 0 Å². The predicted octanol–water partition coefficient (Wildman–Crippen LogP) is 3.80. The zero-order valence-corrected chi connectivity index (χ0v) is 13.2. The number of sulfone groups is 1. The SMILES string of the molecule is CS(=O)(=O)c1cc([N+](=O)[O-])ccc1Sc1cccc(Cl)c1. The first kappa shape index (κ1) is 15.8. The minimum absolute atomic E-state index is 0.0679. The Bertz CT molecular complexity index is 806. The Labute approximate surface area is 131 Å². The van der Waals surface area contributed by atoms with E-state index in [9.17, 15) is 18.5 Å². The van der Waals surface area contributed by atoms with Crippen LogP contribution in [0.15, 0.2) is 57.2 Å². The van der Waals surface area contributed by atoms with Gasteiger partial charge >= 0.3 is 0 Å². The molecule has 0 bridgehead atoms. The molecule has 21 heavy (non-hydrogen) atoms. The lowest BCUT2D eigenvalue weighted by Gasteiger charge is -2.08. The Hall–Kier alpha value is -1.57. The molecule has 0 amide bonds. The molecule has 8 heteroatoms. The van der Waals surface area contributed by atoms with Crippen LogP contribution in [-0.4, -0.2) is 19.6 Å². The highest BCUT2D eigenvalue weighted by atomic mass is 35.5. The second-order valence-electron chi connectivity index (χ2n) is 4.22. The lowest BCUT2D eigenvalue weighted by Crippen LogP contribution is -2.01. The minimum Gasteiger partial charge on any atom is -0.258 e. The maximum Gasteiger partial charge on any atom is 0.270 e. The summed E-state index contributed by atoms with van der Waals surface area (Å²) in [4.78, 5) is 11.3. The van der Waals surface area contributed by atoms with Gasteiger partial charge < -0.3 is 0 Å². The summed E-state index contributed by atoms with van der Waals surface area (Å²) >= 11 is 7.08. The average Bonchev–Trinajstić information content (AvgIpc) is 2.37. The van der Waals surface area contributed by atoms with E-state index in [1.165, 1.54) is 23.9 Å². The molecular formula is C13H10ClNO4S2. The molecule has 0 saturated carbocycles. The first-order chi connectivity index (χ1) is 9.77. The third-order valence-corrected chi connectivity index (χ3v) is 5.13. The normalized spacial score (nSPS) is 11.3.